The van der Waals surface area contributed by atoms with Gasteiger partial charge in [-0.2, -0.15) is 0 Å². The average Bonchev–Trinajstić information content (AvgIpc) is 3.22. The number of benzene rings is 1. The Balaban J connectivity index is 1.26. The van der Waals surface area contributed by atoms with Gasteiger partial charge in [0.25, 0.3) is 5.91 Å². The Kier molecular flexibility index (Phi) is 5.01. The molecule has 164 valence electrons. The first kappa shape index (κ1) is 20.5. The van der Waals surface area contributed by atoms with Gasteiger partial charge in [0.15, 0.2) is 0 Å². The minimum absolute atomic E-state index is 0.0155. The molecule has 2 aromatic rings. The van der Waals surface area contributed by atoms with E-state index in [0.717, 1.165) is 42.3 Å². The molecule has 5 rings (SSSR count). The fourth-order valence-corrected chi connectivity index (χ4v) is 6.59. The van der Waals surface area contributed by atoms with Gasteiger partial charge in [-0.1, -0.05) is 18.2 Å². The number of nitrogens with zero attached hydrogens (tertiary/aromatic N) is 3. The third-order valence-corrected chi connectivity index (χ3v) is 8.33. The summed E-state index contributed by atoms with van der Waals surface area (Å²) in [7, 11) is 1.60. The maximum absolute atomic E-state index is 13.2. The predicted octanol–water partition coefficient (Wildman–Crippen LogP) is 2.56. The van der Waals surface area contributed by atoms with Crippen molar-refractivity contribution in [3.63, 3.8) is 0 Å². The van der Waals surface area contributed by atoms with Crippen LogP contribution in [0.5, 0.6) is 0 Å². The Morgan fingerprint density at radius 3 is 2.61 bits per heavy atom. The number of fused-ring (bicyclic) bond motifs is 1. The van der Waals surface area contributed by atoms with Crippen molar-refractivity contribution in [2.24, 2.45) is 5.41 Å². The molecule has 3 saturated heterocycles. The van der Waals surface area contributed by atoms with Crippen LogP contribution in [0.4, 0.5) is 5.00 Å². The molecule has 1 atom stereocenters. The Morgan fingerprint density at radius 1 is 1.16 bits per heavy atom. The molecule has 1 spiro atoms. The van der Waals surface area contributed by atoms with Gasteiger partial charge in [0.2, 0.25) is 11.8 Å². The van der Waals surface area contributed by atoms with Crippen molar-refractivity contribution in [2.45, 2.75) is 38.1 Å². The topological polar surface area (TPSA) is 87.0 Å². The van der Waals surface area contributed by atoms with Crippen LogP contribution in [-0.2, 0) is 9.59 Å². The minimum atomic E-state index is -0.541. The van der Waals surface area contributed by atoms with Crippen LogP contribution in [0, 0.1) is 5.41 Å². The van der Waals surface area contributed by atoms with E-state index < -0.39 is 5.41 Å². The van der Waals surface area contributed by atoms with E-state index in [-0.39, 0.29) is 17.7 Å². The van der Waals surface area contributed by atoms with Crippen molar-refractivity contribution in [3.05, 3.63) is 29.8 Å². The molecule has 1 aromatic carbocycles. The number of thiophene rings is 1. The number of hydrogen-bond acceptors (Lipinski definition) is 6. The summed E-state index contributed by atoms with van der Waals surface area (Å²) in [5.74, 6) is -0.0656. The second-order valence-corrected chi connectivity index (χ2v) is 10.2. The summed E-state index contributed by atoms with van der Waals surface area (Å²) in [6.07, 6.45) is 3.81. The second kappa shape index (κ2) is 7.60. The molecule has 7 nitrogen and oxygen atoms in total. The number of anilines is 1. The molecule has 2 N–H and O–H groups in total. The largest absolute Gasteiger partial charge is 0.390 e. The molecule has 3 fully saturated rings. The minimum Gasteiger partial charge on any atom is -0.390 e. The normalized spacial score (nSPS) is 25.8. The van der Waals surface area contributed by atoms with E-state index in [1.54, 1.807) is 7.05 Å². The smallest absolute Gasteiger partial charge is 0.257 e. The van der Waals surface area contributed by atoms with Crippen molar-refractivity contribution in [2.75, 3.05) is 39.0 Å². The van der Waals surface area contributed by atoms with Gasteiger partial charge < -0.3 is 10.6 Å². The highest BCUT2D eigenvalue weighted by Crippen LogP contribution is 2.41. The molecular formula is C23H28N4O3S. The van der Waals surface area contributed by atoms with Crippen molar-refractivity contribution in [1.82, 2.24) is 14.7 Å². The first-order valence-electron chi connectivity index (χ1n) is 11.0. The van der Waals surface area contributed by atoms with Gasteiger partial charge in [0, 0.05) is 49.2 Å². The zero-order valence-electron chi connectivity index (χ0n) is 17.8. The van der Waals surface area contributed by atoms with Gasteiger partial charge >= 0.3 is 0 Å². The maximum atomic E-state index is 13.2. The van der Waals surface area contributed by atoms with Crippen molar-refractivity contribution in [1.29, 1.82) is 0 Å². The molecule has 3 aliphatic heterocycles. The molecule has 8 heteroatoms. The van der Waals surface area contributed by atoms with E-state index in [0.29, 0.717) is 42.7 Å². The lowest BCUT2D eigenvalue weighted by atomic mass is 9.77. The number of rotatable bonds is 2. The maximum Gasteiger partial charge on any atom is 0.257 e. The van der Waals surface area contributed by atoms with Gasteiger partial charge in [0.1, 0.15) is 0 Å². The summed E-state index contributed by atoms with van der Waals surface area (Å²) in [4.78, 5) is 43.7. The van der Waals surface area contributed by atoms with Gasteiger partial charge in [-0.15, -0.1) is 11.3 Å². The lowest BCUT2D eigenvalue weighted by Crippen LogP contribution is -2.54. The summed E-state index contributed by atoms with van der Waals surface area (Å²) >= 11 is 1.46. The highest BCUT2D eigenvalue weighted by molar-refractivity contribution is 7.23. The quantitative estimate of drug-likeness (QED) is 0.726. The fourth-order valence-electron chi connectivity index (χ4n) is 5.63. The Hall–Kier alpha value is -2.45. The lowest BCUT2D eigenvalue weighted by molar-refractivity contribution is -0.141. The van der Waals surface area contributed by atoms with Crippen LogP contribution in [-0.4, -0.2) is 71.7 Å². The van der Waals surface area contributed by atoms with Gasteiger partial charge in [-0.3, -0.25) is 24.2 Å². The monoisotopic (exact) mass is 440 g/mol. The predicted molar refractivity (Wildman–Crippen MR) is 121 cm³/mol. The zero-order chi connectivity index (χ0) is 21.8. The van der Waals surface area contributed by atoms with E-state index in [4.69, 9.17) is 5.73 Å². The molecule has 4 heterocycles. The van der Waals surface area contributed by atoms with Crippen LogP contribution in [0.25, 0.3) is 10.1 Å². The lowest BCUT2D eigenvalue weighted by Gasteiger charge is -2.45. The number of imide groups is 1. The first-order valence-corrected chi connectivity index (χ1v) is 11.8. The molecular weight excluding hydrogens is 412 g/mol. The molecule has 0 saturated carbocycles. The number of nitrogens with two attached hydrogens (primary N) is 1. The first-order chi connectivity index (χ1) is 14.9. The van der Waals surface area contributed by atoms with E-state index in [1.807, 2.05) is 29.2 Å². The fraction of sp³-hybridized carbons (Fsp3) is 0.522. The molecule has 3 amide bonds. The third-order valence-electron chi connectivity index (χ3n) is 7.33. The molecule has 3 aliphatic rings. The summed E-state index contributed by atoms with van der Waals surface area (Å²) in [5, 5.41) is 1.52. The van der Waals surface area contributed by atoms with Crippen LogP contribution in [0.15, 0.2) is 24.3 Å². The molecule has 0 aliphatic carbocycles. The van der Waals surface area contributed by atoms with Crippen LogP contribution < -0.4 is 5.73 Å². The van der Waals surface area contributed by atoms with Crippen molar-refractivity contribution in [3.8, 4) is 0 Å². The number of amides is 3. The summed E-state index contributed by atoms with van der Waals surface area (Å²) in [6, 6.07) is 8.20. The number of carbonyl (C=O) groups is 3. The van der Waals surface area contributed by atoms with Gasteiger partial charge in [0.05, 0.1) is 16.0 Å². The molecule has 1 aromatic heterocycles. The van der Waals surface area contributed by atoms with Crippen molar-refractivity contribution < 1.29 is 14.4 Å². The van der Waals surface area contributed by atoms with Crippen molar-refractivity contribution >= 4 is 44.1 Å². The summed E-state index contributed by atoms with van der Waals surface area (Å²) in [6.45, 7) is 2.98. The van der Waals surface area contributed by atoms with Gasteiger partial charge in [-0.25, -0.2) is 0 Å². The van der Waals surface area contributed by atoms with Crippen LogP contribution in [0.2, 0.25) is 0 Å². The van der Waals surface area contributed by atoms with Crippen LogP contribution >= 0.6 is 11.3 Å². The summed E-state index contributed by atoms with van der Waals surface area (Å²) < 4.78 is 1.04. The number of likely N-dealkylation sites (tertiary alicyclic amines) is 3. The summed E-state index contributed by atoms with van der Waals surface area (Å²) in [5.41, 5.74) is 6.30. The highest BCUT2D eigenvalue weighted by Gasteiger charge is 2.52. The number of hydrogen-bond donors (Lipinski definition) is 1. The number of nitrogen functional groups attached to an aromatic ring is 1. The van der Waals surface area contributed by atoms with Gasteiger partial charge in [-0.05, 0) is 38.3 Å². The van der Waals surface area contributed by atoms with E-state index >= 15 is 0 Å². The second-order valence-electron chi connectivity index (χ2n) is 9.15. The Bertz CT molecular complexity index is 1060. The standard InChI is InChI=1S/C23H28N4O3S/c1-25-18(28)13-23(22(25)30)9-4-10-27(14-23)15-7-11-26(12-8-15)21(29)19-16-5-2-3-6-17(16)31-20(19)24/h2-3,5-6,15H,4,7-14,24H2,1H3. The SMILES string of the molecule is CN1C(=O)CC2(CCCN(C3CCN(C(=O)c4c(N)sc5ccccc45)CC3)C2)C1=O. The molecule has 0 radical (unpaired) electrons. The van der Waals surface area contributed by atoms with E-state index in [1.165, 1.54) is 16.2 Å². The molecule has 1 unspecified atom stereocenters. The Morgan fingerprint density at radius 2 is 1.90 bits per heavy atom. The number of carbonyl (C=O) groups excluding carboxylic acids is 3. The van der Waals surface area contributed by atoms with Crippen LogP contribution in [0.1, 0.15) is 42.5 Å². The zero-order valence-corrected chi connectivity index (χ0v) is 18.6. The third kappa shape index (κ3) is 3.32. The highest BCUT2D eigenvalue weighted by atomic mass is 32.1. The van der Waals surface area contributed by atoms with Crippen LogP contribution in [0.3, 0.4) is 0 Å². The molecule has 31 heavy (non-hydrogen) atoms. The Labute approximate surface area is 185 Å². The van der Waals surface area contributed by atoms with E-state index in [2.05, 4.69) is 4.90 Å². The van der Waals surface area contributed by atoms with E-state index in [9.17, 15) is 14.4 Å². The average molecular weight is 441 g/mol. The number of piperidine rings is 2. The molecule has 0 bridgehead atoms.